The van der Waals surface area contributed by atoms with E-state index in [9.17, 15) is 9.90 Å². The van der Waals surface area contributed by atoms with Gasteiger partial charge in [-0.3, -0.25) is 4.98 Å². The fraction of sp³-hybridized carbons (Fsp3) is 0.192. The molecule has 1 N–H and O–H groups in total. The number of H-pyrrole nitrogens is 1. The van der Waals surface area contributed by atoms with E-state index < -0.39 is 11.4 Å². The van der Waals surface area contributed by atoms with E-state index in [-0.39, 0.29) is 6.61 Å². The van der Waals surface area contributed by atoms with E-state index in [2.05, 4.69) is 15.0 Å². The minimum Gasteiger partial charge on any atom is -0.549 e. The van der Waals surface area contributed by atoms with Crippen molar-refractivity contribution < 1.29 is 19.4 Å². The van der Waals surface area contributed by atoms with Gasteiger partial charge >= 0.3 is 0 Å². The molecule has 168 valence electrons. The molecule has 0 radical (unpaired) electrons. The molecule has 2 aromatic heterocycles. The van der Waals surface area contributed by atoms with Crippen LogP contribution in [0.3, 0.4) is 0 Å². The van der Waals surface area contributed by atoms with E-state index in [0.29, 0.717) is 17.5 Å². The van der Waals surface area contributed by atoms with E-state index in [1.54, 1.807) is 39.3 Å². The highest BCUT2D eigenvalue weighted by atomic mass is 16.5. The number of hydrogen-bond donors (Lipinski definition) is 1. The molecule has 0 unspecified atom stereocenters. The molecule has 0 bridgehead atoms. The Morgan fingerprint density at radius 2 is 1.67 bits per heavy atom. The van der Waals surface area contributed by atoms with Crippen LogP contribution in [0.15, 0.2) is 72.9 Å². The molecule has 0 atom stereocenters. The van der Waals surface area contributed by atoms with Crippen LogP contribution in [0.1, 0.15) is 13.8 Å². The van der Waals surface area contributed by atoms with Gasteiger partial charge in [0.2, 0.25) is 5.88 Å². The number of pyridine rings is 1. The summed E-state index contributed by atoms with van der Waals surface area (Å²) in [5, 5.41) is 11.1. The van der Waals surface area contributed by atoms with Crippen LogP contribution in [0.4, 0.5) is 0 Å². The van der Waals surface area contributed by atoms with E-state index in [1.807, 2.05) is 54.6 Å². The number of carbonyl (C=O) groups is 1. The maximum absolute atomic E-state index is 11.1. The number of benzene rings is 2. The molecule has 0 aliphatic carbocycles. The fourth-order valence-electron chi connectivity index (χ4n) is 3.19. The SMILES string of the molecule is COc1nc(-c2ccc(-c3ccc(OCC(C)(C)C(=O)[O-])cc3)nc2)[nH]c1-c1ccccc1. The van der Waals surface area contributed by atoms with E-state index in [4.69, 9.17) is 9.47 Å². The highest BCUT2D eigenvalue weighted by Gasteiger charge is 2.20. The first kappa shape index (κ1) is 22.1. The topological polar surface area (TPSA) is 100 Å². The van der Waals surface area contributed by atoms with Gasteiger partial charge in [-0.2, -0.15) is 4.98 Å². The lowest BCUT2D eigenvalue weighted by molar-refractivity contribution is -0.318. The third kappa shape index (κ3) is 4.87. The van der Waals surface area contributed by atoms with Crippen LogP contribution in [-0.4, -0.2) is 34.6 Å². The molecule has 0 saturated heterocycles. The summed E-state index contributed by atoms with van der Waals surface area (Å²) in [5.74, 6) is 0.635. The van der Waals surface area contributed by atoms with Crippen molar-refractivity contribution in [3.05, 3.63) is 72.9 Å². The van der Waals surface area contributed by atoms with Crippen LogP contribution in [0.2, 0.25) is 0 Å². The summed E-state index contributed by atoms with van der Waals surface area (Å²) in [7, 11) is 1.60. The van der Waals surface area contributed by atoms with E-state index >= 15 is 0 Å². The summed E-state index contributed by atoms with van der Waals surface area (Å²) in [6.07, 6.45) is 1.76. The van der Waals surface area contributed by atoms with Crippen molar-refractivity contribution in [1.29, 1.82) is 0 Å². The average Bonchev–Trinajstić information content (AvgIpc) is 3.28. The molecule has 4 rings (SSSR count). The molecule has 2 heterocycles. The summed E-state index contributed by atoms with van der Waals surface area (Å²) in [4.78, 5) is 23.6. The zero-order chi connectivity index (χ0) is 23.4. The number of aromatic nitrogens is 3. The Hall–Kier alpha value is -4.13. The third-order valence-electron chi connectivity index (χ3n) is 5.27. The number of nitrogens with one attached hydrogen (secondary N) is 1. The Balaban J connectivity index is 1.50. The third-order valence-corrected chi connectivity index (χ3v) is 5.27. The Labute approximate surface area is 192 Å². The average molecular weight is 442 g/mol. The molecule has 2 aromatic carbocycles. The van der Waals surface area contributed by atoms with Gasteiger partial charge in [0.25, 0.3) is 0 Å². The maximum Gasteiger partial charge on any atom is 0.240 e. The van der Waals surface area contributed by atoms with Crippen molar-refractivity contribution in [1.82, 2.24) is 15.0 Å². The molecule has 0 fully saturated rings. The summed E-state index contributed by atoms with van der Waals surface area (Å²) >= 11 is 0. The molecule has 0 aliphatic rings. The van der Waals surface area contributed by atoms with Gasteiger partial charge in [0, 0.05) is 28.3 Å². The van der Waals surface area contributed by atoms with Gasteiger partial charge in [-0.25, -0.2) is 0 Å². The molecular formula is C26H24N3O4-. The molecule has 33 heavy (non-hydrogen) atoms. The highest BCUT2D eigenvalue weighted by Crippen LogP contribution is 2.31. The fourth-order valence-corrected chi connectivity index (χ4v) is 3.19. The van der Waals surface area contributed by atoms with Crippen LogP contribution in [0.5, 0.6) is 11.6 Å². The number of methoxy groups -OCH3 is 1. The first-order chi connectivity index (χ1) is 15.9. The van der Waals surface area contributed by atoms with Gasteiger partial charge in [0.15, 0.2) is 0 Å². The zero-order valence-corrected chi connectivity index (χ0v) is 18.7. The normalized spacial score (nSPS) is 11.2. The highest BCUT2D eigenvalue weighted by molar-refractivity contribution is 5.72. The lowest BCUT2D eigenvalue weighted by Gasteiger charge is -2.25. The zero-order valence-electron chi connectivity index (χ0n) is 18.7. The number of nitrogens with zero attached hydrogens (tertiary/aromatic N) is 2. The quantitative estimate of drug-likeness (QED) is 0.443. The maximum atomic E-state index is 11.1. The first-order valence-electron chi connectivity index (χ1n) is 10.5. The minimum absolute atomic E-state index is 0.0270. The second-order valence-electron chi connectivity index (χ2n) is 8.25. The second kappa shape index (κ2) is 9.16. The molecule has 4 aromatic rings. The smallest absolute Gasteiger partial charge is 0.240 e. The summed E-state index contributed by atoms with van der Waals surface area (Å²) in [5.41, 5.74) is 3.28. The number of ether oxygens (including phenoxy) is 2. The van der Waals surface area contributed by atoms with Crippen LogP contribution in [0, 0.1) is 5.41 Å². The number of carboxylic acid groups (broad SMARTS) is 1. The molecule has 7 heteroatoms. The van der Waals surface area contributed by atoms with Gasteiger partial charge in [0.1, 0.15) is 17.3 Å². The number of hydrogen-bond acceptors (Lipinski definition) is 6. The van der Waals surface area contributed by atoms with Crippen LogP contribution in [0.25, 0.3) is 33.9 Å². The number of carboxylic acids is 1. The molecule has 0 aliphatic heterocycles. The van der Waals surface area contributed by atoms with Crippen molar-refractivity contribution in [3.8, 4) is 45.5 Å². The predicted octanol–water partition coefficient (Wildman–Crippen LogP) is 3.97. The van der Waals surface area contributed by atoms with Crippen molar-refractivity contribution >= 4 is 5.97 Å². The summed E-state index contributed by atoms with van der Waals surface area (Å²) in [6.45, 7) is 3.17. The second-order valence-corrected chi connectivity index (χ2v) is 8.25. The summed E-state index contributed by atoms with van der Waals surface area (Å²) in [6, 6.07) is 21.1. The molecular weight excluding hydrogens is 418 g/mol. The molecule has 0 spiro atoms. The Bertz CT molecular complexity index is 1230. The van der Waals surface area contributed by atoms with Gasteiger partial charge < -0.3 is 24.4 Å². The molecule has 7 nitrogen and oxygen atoms in total. The minimum atomic E-state index is -1.14. The lowest BCUT2D eigenvalue weighted by Crippen LogP contribution is -2.41. The van der Waals surface area contributed by atoms with E-state index in [0.717, 1.165) is 28.1 Å². The number of aliphatic carboxylic acids is 1. The largest absolute Gasteiger partial charge is 0.549 e. The van der Waals surface area contributed by atoms with Gasteiger partial charge in [0.05, 0.1) is 25.4 Å². The monoisotopic (exact) mass is 442 g/mol. The van der Waals surface area contributed by atoms with Gasteiger partial charge in [-0.1, -0.05) is 44.2 Å². The Kier molecular flexibility index (Phi) is 6.13. The van der Waals surface area contributed by atoms with Crippen molar-refractivity contribution in [2.45, 2.75) is 13.8 Å². The predicted molar refractivity (Wildman–Crippen MR) is 124 cm³/mol. The van der Waals surface area contributed by atoms with Crippen LogP contribution in [-0.2, 0) is 4.79 Å². The summed E-state index contributed by atoms with van der Waals surface area (Å²) < 4.78 is 11.0. The molecule has 0 amide bonds. The number of aromatic amines is 1. The van der Waals surface area contributed by atoms with Gasteiger partial charge in [-0.05, 0) is 36.4 Å². The number of rotatable bonds is 8. The number of imidazole rings is 1. The number of carbonyl (C=O) groups excluding carboxylic acids is 1. The Morgan fingerprint density at radius 3 is 2.27 bits per heavy atom. The van der Waals surface area contributed by atoms with Gasteiger partial charge in [-0.15, -0.1) is 0 Å². The van der Waals surface area contributed by atoms with Crippen LogP contribution >= 0.6 is 0 Å². The standard InChI is InChI=1S/C26H25N3O4/c1-26(2,25(30)31)16-33-20-12-9-17(10-13-20)21-14-11-19(15-27-21)23-28-22(24(29-23)32-3)18-7-5-4-6-8-18/h4-15H,16H2,1-3H3,(H,28,29)(H,30,31)/p-1. The lowest BCUT2D eigenvalue weighted by atomic mass is 9.95. The van der Waals surface area contributed by atoms with Crippen molar-refractivity contribution in [2.75, 3.05) is 13.7 Å². The van der Waals surface area contributed by atoms with Crippen molar-refractivity contribution in [2.24, 2.45) is 5.41 Å². The Morgan fingerprint density at radius 1 is 0.970 bits per heavy atom. The first-order valence-corrected chi connectivity index (χ1v) is 10.5. The molecule has 0 saturated carbocycles. The van der Waals surface area contributed by atoms with Crippen LogP contribution < -0.4 is 14.6 Å². The van der Waals surface area contributed by atoms with Crippen molar-refractivity contribution in [3.63, 3.8) is 0 Å². The van der Waals surface area contributed by atoms with E-state index in [1.165, 1.54) is 0 Å².